The van der Waals surface area contributed by atoms with Crippen LogP contribution < -0.4 is 0 Å². The van der Waals surface area contributed by atoms with Crippen LogP contribution in [-0.4, -0.2) is 0 Å². The lowest BCUT2D eigenvalue weighted by molar-refractivity contribution is 0.628. The zero-order valence-corrected chi connectivity index (χ0v) is 16.4. The highest BCUT2D eigenvalue weighted by Gasteiger charge is 2.28. The minimum Gasteiger partial charge on any atom is -0.0587 e. The fourth-order valence-electron chi connectivity index (χ4n) is 3.92. The predicted molar refractivity (Wildman–Crippen MR) is 103 cm³/mol. The van der Waals surface area contributed by atoms with Gasteiger partial charge in [-0.1, -0.05) is 52.0 Å². The largest absolute Gasteiger partial charge is 0.0587 e. The molecule has 0 aliphatic carbocycles. The third kappa shape index (κ3) is 2.96. The molecule has 0 unspecified atom stereocenters. The van der Waals surface area contributed by atoms with Crippen LogP contribution in [0.5, 0.6) is 0 Å². The number of hydrogen-bond acceptors (Lipinski definition) is 0. The highest BCUT2D eigenvalue weighted by molar-refractivity contribution is 5.52. The molecule has 0 saturated heterocycles. The molecule has 0 aliphatic heterocycles. The number of hydrogen-bond donors (Lipinski definition) is 0. The topological polar surface area (TPSA) is 0 Å². The second-order valence-electron chi connectivity index (χ2n) is 7.91. The molecule has 0 radical (unpaired) electrons. The van der Waals surface area contributed by atoms with Crippen LogP contribution in [0.15, 0.2) is 24.3 Å². The Hall–Kier alpha value is -1.56. The van der Waals surface area contributed by atoms with Crippen molar-refractivity contribution in [3.63, 3.8) is 0 Å². The molecule has 0 saturated carbocycles. The maximum Gasteiger partial charge on any atom is 0.0152 e. The van der Waals surface area contributed by atoms with Crippen molar-refractivity contribution in [2.24, 2.45) is 0 Å². The highest BCUT2D eigenvalue weighted by atomic mass is 14.3. The standard InChI is InChI=1S/C23H32/c1-14(2)20-11-13-22(19(7)17(20)5)23(8,9)21-12-10-15(3)16(4)18(21)6/h10-14H,1-9H3. The monoisotopic (exact) mass is 308 g/mol. The molecule has 0 heterocycles. The van der Waals surface area contributed by atoms with E-state index in [1.165, 1.54) is 44.5 Å². The van der Waals surface area contributed by atoms with Crippen LogP contribution in [0.1, 0.15) is 78.1 Å². The summed E-state index contributed by atoms with van der Waals surface area (Å²) in [4.78, 5) is 0. The fourth-order valence-corrected chi connectivity index (χ4v) is 3.92. The van der Waals surface area contributed by atoms with Crippen LogP contribution in [0, 0.1) is 34.6 Å². The number of aryl methyl sites for hydroxylation is 1. The molecule has 0 spiro atoms. The van der Waals surface area contributed by atoms with Gasteiger partial charge in [0.1, 0.15) is 0 Å². The summed E-state index contributed by atoms with van der Waals surface area (Å²) in [7, 11) is 0. The van der Waals surface area contributed by atoms with Crippen molar-refractivity contribution in [3.05, 3.63) is 68.8 Å². The Morgan fingerprint density at radius 2 is 1.13 bits per heavy atom. The molecule has 0 amide bonds. The summed E-state index contributed by atoms with van der Waals surface area (Å²) in [6.07, 6.45) is 0. The van der Waals surface area contributed by atoms with Crippen molar-refractivity contribution in [3.8, 4) is 0 Å². The summed E-state index contributed by atoms with van der Waals surface area (Å²) in [5.74, 6) is 0.578. The van der Waals surface area contributed by atoms with Gasteiger partial charge >= 0.3 is 0 Å². The molecule has 2 aromatic carbocycles. The molecule has 124 valence electrons. The molecule has 0 nitrogen and oxygen atoms in total. The van der Waals surface area contributed by atoms with Crippen LogP contribution >= 0.6 is 0 Å². The van der Waals surface area contributed by atoms with Crippen molar-refractivity contribution in [2.75, 3.05) is 0 Å². The van der Waals surface area contributed by atoms with Crippen molar-refractivity contribution >= 4 is 0 Å². The molecule has 0 fully saturated rings. The van der Waals surface area contributed by atoms with E-state index >= 15 is 0 Å². The third-order valence-corrected chi connectivity index (χ3v) is 5.86. The Labute approximate surface area is 143 Å². The normalized spacial score (nSPS) is 12.1. The molecular formula is C23H32. The van der Waals surface area contributed by atoms with E-state index in [4.69, 9.17) is 0 Å². The molecule has 23 heavy (non-hydrogen) atoms. The van der Waals surface area contributed by atoms with Gasteiger partial charge in [0.15, 0.2) is 0 Å². The molecule has 2 rings (SSSR count). The van der Waals surface area contributed by atoms with Crippen LogP contribution in [0.4, 0.5) is 0 Å². The zero-order valence-electron chi connectivity index (χ0n) is 16.4. The number of rotatable bonds is 3. The van der Waals surface area contributed by atoms with Crippen molar-refractivity contribution in [2.45, 2.75) is 73.6 Å². The molecule has 0 heteroatoms. The van der Waals surface area contributed by atoms with E-state index in [9.17, 15) is 0 Å². The molecule has 0 aliphatic rings. The molecule has 0 N–H and O–H groups in total. The maximum atomic E-state index is 2.36. The Bertz CT molecular complexity index is 730. The van der Waals surface area contributed by atoms with Crippen LogP contribution in [0.3, 0.4) is 0 Å². The lowest BCUT2D eigenvalue weighted by Crippen LogP contribution is -2.23. The SMILES string of the molecule is Cc1ccc(C(C)(C)c2ccc(C(C)C)c(C)c2C)c(C)c1C. The minimum absolute atomic E-state index is 0.0207. The minimum atomic E-state index is 0.0207. The van der Waals surface area contributed by atoms with Gasteiger partial charge in [0.25, 0.3) is 0 Å². The highest BCUT2D eigenvalue weighted by Crippen LogP contribution is 2.38. The zero-order chi connectivity index (χ0) is 17.5. The summed E-state index contributed by atoms with van der Waals surface area (Å²) >= 11 is 0. The smallest absolute Gasteiger partial charge is 0.0152 e. The summed E-state index contributed by atoms with van der Waals surface area (Å²) in [6.45, 7) is 20.6. The van der Waals surface area contributed by atoms with E-state index in [0.717, 1.165) is 0 Å². The average molecular weight is 309 g/mol. The van der Waals surface area contributed by atoms with Gasteiger partial charge in [-0.05, 0) is 85.0 Å². The van der Waals surface area contributed by atoms with E-state index in [2.05, 4.69) is 86.6 Å². The summed E-state index contributed by atoms with van der Waals surface area (Å²) in [6, 6.07) is 9.28. The van der Waals surface area contributed by atoms with Crippen molar-refractivity contribution in [1.82, 2.24) is 0 Å². The van der Waals surface area contributed by atoms with E-state index in [0.29, 0.717) is 5.92 Å². The van der Waals surface area contributed by atoms with Gasteiger partial charge in [-0.25, -0.2) is 0 Å². The average Bonchev–Trinajstić information content (AvgIpc) is 2.46. The fraction of sp³-hybridized carbons (Fsp3) is 0.478. The predicted octanol–water partition coefficient (Wildman–Crippen LogP) is 6.68. The van der Waals surface area contributed by atoms with Crippen LogP contribution in [0.25, 0.3) is 0 Å². The summed E-state index contributed by atoms with van der Waals surface area (Å²) in [5.41, 5.74) is 11.5. The first kappa shape index (κ1) is 17.8. The van der Waals surface area contributed by atoms with Gasteiger partial charge in [-0.3, -0.25) is 0 Å². The summed E-state index contributed by atoms with van der Waals surface area (Å²) in [5, 5.41) is 0. The summed E-state index contributed by atoms with van der Waals surface area (Å²) < 4.78 is 0. The van der Waals surface area contributed by atoms with Gasteiger partial charge in [-0.15, -0.1) is 0 Å². The van der Waals surface area contributed by atoms with Crippen LogP contribution in [0.2, 0.25) is 0 Å². The first-order valence-corrected chi connectivity index (χ1v) is 8.76. The van der Waals surface area contributed by atoms with Gasteiger partial charge in [-0.2, -0.15) is 0 Å². The molecular weight excluding hydrogens is 276 g/mol. The molecule has 0 aromatic heterocycles. The van der Waals surface area contributed by atoms with Gasteiger partial charge < -0.3 is 0 Å². The first-order valence-electron chi connectivity index (χ1n) is 8.76. The quantitative estimate of drug-likeness (QED) is 0.593. The second kappa shape index (κ2) is 6.15. The lowest BCUT2D eigenvalue weighted by atomic mass is 9.72. The Kier molecular flexibility index (Phi) is 4.76. The van der Waals surface area contributed by atoms with Crippen LogP contribution in [-0.2, 0) is 5.41 Å². The molecule has 2 aromatic rings. The van der Waals surface area contributed by atoms with E-state index in [1.54, 1.807) is 0 Å². The molecule has 0 bridgehead atoms. The Balaban J connectivity index is 2.66. The van der Waals surface area contributed by atoms with Gasteiger partial charge in [0.05, 0.1) is 0 Å². The van der Waals surface area contributed by atoms with Gasteiger partial charge in [0.2, 0.25) is 0 Å². The van der Waals surface area contributed by atoms with Crippen molar-refractivity contribution in [1.29, 1.82) is 0 Å². The lowest BCUT2D eigenvalue weighted by Gasteiger charge is -2.32. The third-order valence-electron chi connectivity index (χ3n) is 5.86. The molecule has 0 atom stereocenters. The Morgan fingerprint density at radius 3 is 1.65 bits per heavy atom. The van der Waals surface area contributed by atoms with Gasteiger partial charge in [0, 0.05) is 5.41 Å². The van der Waals surface area contributed by atoms with Crippen molar-refractivity contribution < 1.29 is 0 Å². The number of benzene rings is 2. The van der Waals surface area contributed by atoms with E-state index < -0.39 is 0 Å². The Morgan fingerprint density at radius 1 is 0.652 bits per heavy atom. The maximum absolute atomic E-state index is 2.36. The first-order chi connectivity index (χ1) is 10.6. The van der Waals surface area contributed by atoms with E-state index in [1.807, 2.05) is 0 Å². The second-order valence-corrected chi connectivity index (χ2v) is 7.91. The van der Waals surface area contributed by atoms with E-state index in [-0.39, 0.29) is 5.41 Å².